The van der Waals surface area contributed by atoms with E-state index in [4.69, 9.17) is 4.74 Å². The first-order chi connectivity index (χ1) is 16.2. The molecule has 0 atom stereocenters. The van der Waals surface area contributed by atoms with Crippen molar-refractivity contribution in [2.75, 3.05) is 0 Å². The first-order valence-electron chi connectivity index (χ1n) is 10.7. The number of carbonyl (C=O) groups is 1. The molecule has 0 saturated heterocycles. The summed E-state index contributed by atoms with van der Waals surface area (Å²) in [7, 11) is -0.446. The smallest absolute Gasteiger partial charge is 0.345 e. The van der Waals surface area contributed by atoms with Gasteiger partial charge in [0.1, 0.15) is 6.61 Å². The van der Waals surface area contributed by atoms with E-state index in [1.807, 2.05) is 30.3 Å². The van der Waals surface area contributed by atoms with Crippen LogP contribution >= 0.6 is 23.9 Å². The number of rotatable bonds is 6. The van der Waals surface area contributed by atoms with Crippen molar-refractivity contribution in [2.24, 2.45) is 0 Å². The summed E-state index contributed by atoms with van der Waals surface area (Å²) in [6.45, 7) is 2.08. The van der Waals surface area contributed by atoms with Gasteiger partial charge in [0.25, 0.3) is 0 Å². The summed E-state index contributed by atoms with van der Waals surface area (Å²) in [5.41, 5.74) is 0.984. The molecule has 2 nitrogen and oxygen atoms in total. The second-order valence-corrected chi connectivity index (χ2v) is 10.1. The van der Waals surface area contributed by atoms with Crippen LogP contribution in [-0.2, 0) is 16.1 Å². The standard InChI is InChI=1S/C18H15P.C11H11BrO2/c1-4-10-16(11-5-1)19(17-12-6-2-7-13-17)18-14-8-3-9-15-18;1-2-10(12)11(13)14-8-9-6-4-3-5-7-9/h1-15H;2-7H,8H2,1H3/b;10-2-. The number of benzene rings is 4. The van der Waals surface area contributed by atoms with Gasteiger partial charge in [-0.1, -0.05) is 127 Å². The van der Waals surface area contributed by atoms with Crippen molar-refractivity contribution < 1.29 is 9.53 Å². The first-order valence-corrected chi connectivity index (χ1v) is 12.8. The molecule has 0 aliphatic carbocycles. The Labute approximate surface area is 205 Å². The second-order valence-electron chi connectivity index (χ2n) is 7.04. The Morgan fingerprint density at radius 3 is 1.42 bits per heavy atom. The molecule has 4 heteroatoms. The van der Waals surface area contributed by atoms with Crippen molar-refractivity contribution in [3.63, 3.8) is 0 Å². The average molecular weight is 517 g/mol. The number of hydrogen-bond donors (Lipinski definition) is 0. The molecule has 0 aliphatic heterocycles. The molecule has 166 valence electrons. The Hall–Kier alpha value is -3.00. The van der Waals surface area contributed by atoms with Crippen LogP contribution < -0.4 is 15.9 Å². The van der Waals surface area contributed by atoms with E-state index in [9.17, 15) is 4.79 Å². The van der Waals surface area contributed by atoms with Gasteiger partial charge in [-0.25, -0.2) is 4.79 Å². The third kappa shape index (κ3) is 7.82. The van der Waals surface area contributed by atoms with Gasteiger partial charge in [0.05, 0.1) is 4.48 Å². The Morgan fingerprint density at radius 1 is 0.697 bits per heavy atom. The molecule has 0 saturated carbocycles. The van der Waals surface area contributed by atoms with Crippen LogP contribution in [0.3, 0.4) is 0 Å². The summed E-state index contributed by atoms with van der Waals surface area (Å²) < 4.78 is 5.48. The minimum Gasteiger partial charge on any atom is -0.457 e. The minimum absolute atomic E-state index is 0.308. The fraction of sp³-hybridized carbons (Fsp3) is 0.0690. The monoisotopic (exact) mass is 516 g/mol. The summed E-state index contributed by atoms with van der Waals surface area (Å²) in [6, 6.07) is 41.9. The van der Waals surface area contributed by atoms with Gasteiger partial charge < -0.3 is 4.74 Å². The van der Waals surface area contributed by atoms with Crippen LogP contribution in [-0.4, -0.2) is 5.97 Å². The topological polar surface area (TPSA) is 26.3 Å². The van der Waals surface area contributed by atoms with Gasteiger partial charge in [-0.2, -0.15) is 0 Å². The molecular weight excluding hydrogens is 491 g/mol. The lowest BCUT2D eigenvalue weighted by atomic mass is 10.2. The highest BCUT2D eigenvalue weighted by Crippen LogP contribution is 2.32. The van der Waals surface area contributed by atoms with E-state index < -0.39 is 7.92 Å². The Kier molecular flexibility index (Phi) is 10.1. The number of ether oxygens (including phenoxy) is 1. The van der Waals surface area contributed by atoms with Crippen molar-refractivity contribution in [3.8, 4) is 0 Å². The summed E-state index contributed by atoms with van der Waals surface area (Å²) in [4.78, 5) is 11.2. The van der Waals surface area contributed by atoms with Crippen molar-refractivity contribution in [2.45, 2.75) is 13.5 Å². The SMILES string of the molecule is C/C=C(\Br)C(=O)OCc1ccccc1.c1ccc(P(c2ccccc2)c2ccccc2)cc1. The lowest BCUT2D eigenvalue weighted by Gasteiger charge is -2.18. The van der Waals surface area contributed by atoms with Crippen molar-refractivity contribution in [3.05, 3.63) is 137 Å². The van der Waals surface area contributed by atoms with Crippen molar-refractivity contribution in [1.29, 1.82) is 0 Å². The molecule has 0 amide bonds. The van der Waals surface area contributed by atoms with E-state index >= 15 is 0 Å². The normalized spacial score (nSPS) is 10.8. The minimum atomic E-state index is -0.446. The maximum Gasteiger partial charge on any atom is 0.345 e. The zero-order valence-corrected chi connectivity index (χ0v) is 21.0. The Balaban J connectivity index is 0.000000196. The molecular formula is C29H26BrO2P. The van der Waals surface area contributed by atoms with Gasteiger partial charge in [0.15, 0.2) is 0 Å². The molecule has 0 aliphatic rings. The Morgan fingerprint density at radius 2 is 1.06 bits per heavy atom. The highest BCUT2D eigenvalue weighted by atomic mass is 79.9. The molecule has 0 radical (unpaired) electrons. The first kappa shape index (κ1) is 24.6. The molecule has 4 aromatic rings. The lowest BCUT2D eigenvalue weighted by Crippen LogP contribution is -2.20. The molecule has 0 heterocycles. The predicted molar refractivity (Wildman–Crippen MR) is 144 cm³/mol. The quantitative estimate of drug-likeness (QED) is 0.166. The molecule has 0 fully saturated rings. The molecule has 4 rings (SSSR count). The van der Waals surface area contributed by atoms with Crippen molar-refractivity contribution in [1.82, 2.24) is 0 Å². The number of esters is 1. The zero-order chi connectivity index (χ0) is 23.3. The summed E-state index contributed by atoms with van der Waals surface area (Å²) in [5, 5.41) is 4.19. The molecule has 0 bridgehead atoms. The van der Waals surface area contributed by atoms with Crippen LogP contribution in [0.15, 0.2) is 132 Å². The highest BCUT2D eigenvalue weighted by Gasteiger charge is 2.15. The molecule has 0 unspecified atom stereocenters. The van der Waals surface area contributed by atoms with E-state index in [1.165, 1.54) is 15.9 Å². The van der Waals surface area contributed by atoms with Gasteiger partial charge in [-0.05, 0) is 52.3 Å². The molecule has 0 spiro atoms. The summed E-state index contributed by atoms with van der Waals surface area (Å²) in [6.07, 6.45) is 1.66. The predicted octanol–water partition coefficient (Wildman–Crippen LogP) is 6.47. The molecule has 0 N–H and O–H groups in total. The van der Waals surface area contributed by atoms with E-state index in [2.05, 4.69) is 107 Å². The fourth-order valence-electron chi connectivity index (χ4n) is 3.09. The van der Waals surface area contributed by atoms with Crippen LogP contribution in [0.4, 0.5) is 0 Å². The van der Waals surface area contributed by atoms with Crippen LogP contribution in [0.1, 0.15) is 12.5 Å². The number of halogens is 1. The number of hydrogen-bond acceptors (Lipinski definition) is 2. The number of allylic oxidation sites excluding steroid dienone is 1. The highest BCUT2D eigenvalue weighted by molar-refractivity contribution is 9.12. The van der Waals surface area contributed by atoms with E-state index in [1.54, 1.807) is 13.0 Å². The number of carbonyl (C=O) groups excluding carboxylic acids is 1. The maximum atomic E-state index is 11.2. The van der Waals surface area contributed by atoms with Gasteiger partial charge in [-0.15, -0.1) is 0 Å². The van der Waals surface area contributed by atoms with Gasteiger partial charge in [0, 0.05) is 0 Å². The van der Waals surface area contributed by atoms with Gasteiger partial charge in [-0.3, -0.25) is 0 Å². The Bertz CT molecular complexity index is 1040. The van der Waals surface area contributed by atoms with Crippen LogP contribution in [0.5, 0.6) is 0 Å². The zero-order valence-electron chi connectivity index (χ0n) is 18.5. The lowest BCUT2D eigenvalue weighted by molar-refractivity contribution is -0.139. The fourth-order valence-corrected chi connectivity index (χ4v) is 5.51. The third-order valence-corrected chi connectivity index (χ3v) is 7.93. The van der Waals surface area contributed by atoms with E-state index in [-0.39, 0.29) is 5.97 Å². The third-order valence-electron chi connectivity index (χ3n) is 4.70. The van der Waals surface area contributed by atoms with Crippen molar-refractivity contribution >= 4 is 45.7 Å². The van der Waals surface area contributed by atoms with Gasteiger partial charge >= 0.3 is 5.97 Å². The van der Waals surface area contributed by atoms with Crippen LogP contribution in [0.25, 0.3) is 0 Å². The average Bonchev–Trinajstić information content (AvgIpc) is 2.90. The summed E-state index contributed by atoms with van der Waals surface area (Å²) in [5.74, 6) is -0.337. The van der Waals surface area contributed by atoms with Crippen LogP contribution in [0.2, 0.25) is 0 Å². The molecule has 0 aromatic heterocycles. The molecule has 4 aromatic carbocycles. The van der Waals surface area contributed by atoms with E-state index in [0.717, 1.165) is 5.56 Å². The van der Waals surface area contributed by atoms with Crippen LogP contribution in [0, 0.1) is 0 Å². The van der Waals surface area contributed by atoms with Gasteiger partial charge in [0.2, 0.25) is 0 Å². The van der Waals surface area contributed by atoms with E-state index in [0.29, 0.717) is 11.1 Å². The molecule has 33 heavy (non-hydrogen) atoms. The summed E-state index contributed by atoms with van der Waals surface area (Å²) >= 11 is 3.10. The largest absolute Gasteiger partial charge is 0.457 e. The second kappa shape index (κ2) is 13.5. The maximum absolute atomic E-state index is 11.2.